The third-order valence-corrected chi connectivity index (χ3v) is 4.20. The zero-order chi connectivity index (χ0) is 15.2. The van der Waals surface area contributed by atoms with Crippen molar-refractivity contribution < 1.29 is 9.84 Å². The SMILES string of the molecule is COc1ccc(O)c([C@@H](CCC(C)C)N2CCNCC2)c1.Cl.Cl. The first-order valence-electron chi connectivity index (χ1n) is 7.93. The quantitative estimate of drug-likeness (QED) is 0.808. The second kappa shape index (κ2) is 11.0. The summed E-state index contributed by atoms with van der Waals surface area (Å²) >= 11 is 0. The molecule has 0 radical (unpaired) electrons. The summed E-state index contributed by atoms with van der Waals surface area (Å²) in [5.74, 6) is 1.86. The molecular formula is C17H30Cl2N2O2. The topological polar surface area (TPSA) is 44.7 Å². The number of halogens is 2. The van der Waals surface area contributed by atoms with Gasteiger partial charge in [-0.1, -0.05) is 13.8 Å². The van der Waals surface area contributed by atoms with Gasteiger partial charge in [0.05, 0.1) is 7.11 Å². The van der Waals surface area contributed by atoms with Gasteiger partial charge in [0.1, 0.15) is 11.5 Å². The monoisotopic (exact) mass is 364 g/mol. The maximum absolute atomic E-state index is 10.3. The Hall–Kier alpha value is -0.680. The molecule has 1 heterocycles. The van der Waals surface area contributed by atoms with Gasteiger partial charge in [-0.05, 0) is 37.0 Å². The van der Waals surface area contributed by atoms with Crippen LogP contribution in [0.5, 0.6) is 11.5 Å². The Morgan fingerprint density at radius 2 is 1.83 bits per heavy atom. The van der Waals surface area contributed by atoms with Crippen LogP contribution in [0, 0.1) is 5.92 Å². The average molecular weight is 365 g/mol. The van der Waals surface area contributed by atoms with Gasteiger partial charge in [-0.15, -0.1) is 24.8 Å². The number of piperazine rings is 1. The molecule has 6 heteroatoms. The third-order valence-electron chi connectivity index (χ3n) is 4.20. The standard InChI is InChI=1S/C17H28N2O2.2ClH/c1-13(2)4-6-16(19-10-8-18-9-11-19)15-12-14(21-3)5-7-17(15)20;;/h5,7,12-13,16,18,20H,4,6,8-11H2,1-3H3;2*1H/t16-;;/m1../s1. The van der Waals surface area contributed by atoms with Crippen molar-refractivity contribution in [3.05, 3.63) is 23.8 Å². The summed E-state index contributed by atoms with van der Waals surface area (Å²) in [6.07, 6.45) is 2.23. The highest BCUT2D eigenvalue weighted by Crippen LogP contribution is 2.35. The minimum atomic E-state index is 0. The zero-order valence-electron chi connectivity index (χ0n) is 14.2. The molecule has 23 heavy (non-hydrogen) atoms. The van der Waals surface area contributed by atoms with Crippen molar-refractivity contribution in [1.82, 2.24) is 10.2 Å². The molecule has 0 aliphatic carbocycles. The Morgan fingerprint density at radius 1 is 1.17 bits per heavy atom. The van der Waals surface area contributed by atoms with Gasteiger partial charge in [0.15, 0.2) is 0 Å². The Labute approximate surface area is 152 Å². The number of ether oxygens (including phenoxy) is 1. The smallest absolute Gasteiger partial charge is 0.120 e. The minimum Gasteiger partial charge on any atom is -0.508 e. The van der Waals surface area contributed by atoms with E-state index in [1.54, 1.807) is 13.2 Å². The number of phenols is 1. The van der Waals surface area contributed by atoms with Crippen LogP contribution in [0.2, 0.25) is 0 Å². The zero-order valence-corrected chi connectivity index (χ0v) is 15.9. The molecular weight excluding hydrogens is 335 g/mol. The normalized spacial score (nSPS) is 16.3. The molecule has 2 rings (SSSR count). The van der Waals surface area contributed by atoms with E-state index in [1.165, 1.54) is 0 Å². The van der Waals surface area contributed by atoms with Crippen molar-refractivity contribution in [2.24, 2.45) is 5.92 Å². The molecule has 0 unspecified atom stereocenters. The number of hydrogen-bond donors (Lipinski definition) is 2. The molecule has 1 aliphatic rings. The number of hydrogen-bond acceptors (Lipinski definition) is 4. The molecule has 0 spiro atoms. The van der Waals surface area contributed by atoms with Crippen LogP contribution in [-0.2, 0) is 0 Å². The third kappa shape index (κ3) is 6.38. The first-order chi connectivity index (χ1) is 10.1. The molecule has 1 saturated heterocycles. The maximum Gasteiger partial charge on any atom is 0.120 e. The van der Waals surface area contributed by atoms with Crippen LogP contribution < -0.4 is 10.1 Å². The molecule has 0 bridgehead atoms. The highest BCUT2D eigenvalue weighted by Gasteiger charge is 2.25. The van der Waals surface area contributed by atoms with Gasteiger partial charge in [0.2, 0.25) is 0 Å². The van der Waals surface area contributed by atoms with Gasteiger partial charge in [0.25, 0.3) is 0 Å². The van der Waals surface area contributed by atoms with Crippen molar-refractivity contribution in [2.75, 3.05) is 33.3 Å². The van der Waals surface area contributed by atoms with E-state index in [1.807, 2.05) is 12.1 Å². The van der Waals surface area contributed by atoms with Gasteiger partial charge in [-0.2, -0.15) is 0 Å². The Balaban J connectivity index is 0.00000242. The fourth-order valence-corrected chi connectivity index (χ4v) is 2.95. The first kappa shape index (κ1) is 22.3. The van der Waals surface area contributed by atoms with Gasteiger partial charge < -0.3 is 15.2 Å². The van der Waals surface area contributed by atoms with Crippen LogP contribution in [0.15, 0.2) is 18.2 Å². The highest BCUT2D eigenvalue weighted by molar-refractivity contribution is 5.85. The lowest BCUT2D eigenvalue weighted by atomic mass is 9.95. The van der Waals surface area contributed by atoms with Crippen molar-refractivity contribution in [3.8, 4) is 11.5 Å². The first-order valence-corrected chi connectivity index (χ1v) is 7.93. The number of rotatable bonds is 6. The molecule has 1 aliphatic heterocycles. The number of aromatic hydroxyl groups is 1. The lowest BCUT2D eigenvalue weighted by Gasteiger charge is -2.36. The predicted molar refractivity (Wildman–Crippen MR) is 100 cm³/mol. The van der Waals surface area contributed by atoms with Crippen LogP contribution in [0.1, 0.15) is 38.3 Å². The number of benzene rings is 1. The fourth-order valence-electron chi connectivity index (χ4n) is 2.95. The highest BCUT2D eigenvalue weighted by atomic mass is 35.5. The van der Waals surface area contributed by atoms with Crippen molar-refractivity contribution in [3.63, 3.8) is 0 Å². The van der Waals surface area contributed by atoms with Gasteiger partial charge in [-0.25, -0.2) is 0 Å². The summed E-state index contributed by atoms with van der Waals surface area (Å²) in [5.41, 5.74) is 0.997. The Morgan fingerprint density at radius 3 is 2.39 bits per heavy atom. The average Bonchev–Trinajstić information content (AvgIpc) is 2.50. The lowest BCUT2D eigenvalue weighted by molar-refractivity contribution is 0.157. The van der Waals surface area contributed by atoms with Crippen LogP contribution in [-0.4, -0.2) is 43.3 Å². The molecule has 1 aromatic carbocycles. The molecule has 1 fully saturated rings. The predicted octanol–water partition coefficient (Wildman–Crippen LogP) is 3.63. The van der Waals surface area contributed by atoms with E-state index >= 15 is 0 Å². The summed E-state index contributed by atoms with van der Waals surface area (Å²) in [5, 5.41) is 13.7. The molecule has 0 aromatic heterocycles. The van der Waals surface area contributed by atoms with Crippen molar-refractivity contribution >= 4 is 24.8 Å². The van der Waals surface area contributed by atoms with E-state index in [9.17, 15) is 5.11 Å². The van der Waals surface area contributed by atoms with E-state index in [-0.39, 0.29) is 30.9 Å². The maximum atomic E-state index is 10.3. The molecule has 0 saturated carbocycles. The van der Waals surface area contributed by atoms with Crippen LogP contribution in [0.3, 0.4) is 0 Å². The van der Waals surface area contributed by atoms with Crippen LogP contribution >= 0.6 is 24.8 Å². The minimum absolute atomic E-state index is 0. The number of nitrogens with zero attached hydrogens (tertiary/aromatic N) is 1. The Bertz CT molecular complexity index is 452. The number of methoxy groups -OCH3 is 1. The van der Waals surface area contributed by atoms with E-state index in [0.29, 0.717) is 11.7 Å². The van der Waals surface area contributed by atoms with Crippen LogP contribution in [0.25, 0.3) is 0 Å². The summed E-state index contributed by atoms with van der Waals surface area (Å²) in [4.78, 5) is 2.48. The molecule has 1 aromatic rings. The van der Waals surface area contributed by atoms with E-state index in [2.05, 4.69) is 24.1 Å². The van der Waals surface area contributed by atoms with Crippen LogP contribution in [0.4, 0.5) is 0 Å². The van der Waals surface area contributed by atoms with Gasteiger partial charge in [-0.3, -0.25) is 4.90 Å². The number of phenolic OH excluding ortho intramolecular Hbond substituents is 1. The molecule has 134 valence electrons. The fraction of sp³-hybridized carbons (Fsp3) is 0.647. The summed E-state index contributed by atoms with van der Waals surface area (Å²) in [6, 6.07) is 5.82. The summed E-state index contributed by atoms with van der Waals surface area (Å²) < 4.78 is 5.33. The molecule has 1 atom stereocenters. The molecule has 2 N–H and O–H groups in total. The van der Waals surface area contributed by atoms with E-state index in [4.69, 9.17) is 4.74 Å². The second-order valence-electron chi connectivity index (χ2n) is 6.20. The second-order valence-corrected chi connectivity index (χ2v) is 6.20. The van der Waals surface area contributed by atoms with E-state index < -0.39 is 0 Å². The van der Waals surface area contributed by atoms with Gasteiger partial charge in [0, 0.05) is 37.8 Å². The molecule has 4 nitrogen and oxygen atoms in total. The van der Waals surface area contributed by atoms with Crippen molar-refractivity contribution in [1.29, 1.82) is 0 Å². The lowest BCUT2D eigenvalue weighted by Crippen LogP contribution is -2.45. The van der Waals surface area contributed by atoms with Crippen molar-refractivity contribution in [2.45, 2.75) is 32.7 Å². The number of nitrogens with one attached hydrogen (secondary N) is 1. The summed E-state index contributed by atoms with van der Waals surface area (Å²) in [6.45, 7) is 8.59. The largest absolute Gasteiger partial charge is 0.508 e. The van der Waals surface area contributed by atoms with Gasteiger partial charge >= 0.3 is 0 Å². The Kier molecular flexibility index (Phi) is 10.7. The molecule has 0 amide bonds. The summed E-state index contributed by atoms with van der Waals surface area (Å²) in [7, 11) is 1.67. The van der Waals surface area contributed by atoms with E-state index in [0.717, 1.165) is 50.3 Å².